The predicted octanol–water partition coefficient (Wildman–Crippen LogP) is 0.534. The number of pyridine rings is 1. The van der Waals surface area contributed by atoms with Gasteiger partial charge in [0, 0.05) is 31.4 Å². The number of nitrogens with one attached hydrogen (secondary N) is 1. The molecule has 1 aromatic rings. The number of hydrogen-bond donors (Lipinski definition) is 2. The van der Waals surface area contributed by atoms with Gasteiger partial charge in [-0.15, -0.1) is 0 Å². The zero-order valence-electron chi connectivity index (χ0n) is 8.87. The molecule has 0 aromatic carbocycles. The Morgan fingerprint density at radius 1 is 1.50 bits per heavy atom. The van der Waals surface area contributed by atoms with Crippen LogP contribution in [0, 0.1) is 0 Å². The first-order valence-electron chi connectivity index (χ1n) is 4.58. The van der Waals surface area contributed by atoms with E-state index in [1.807, 2.05) is 13.8 Å². The number of aryl methyl sites for hydroxylation is 1. The van der Waals surface area contributed by atoms with Gasteiger partial charge < -0.3 is 15.6 Å². The van der Waals surface area contributed by atoms with Crippen LogP contribution in [0.2, 0.25) is 0 Å². The Morgan fingerprint density at radius 3 is 2.64 bits per heavy atom. The van der Waals surface area contributed by atoms with Crippen molar-refractivity contribution in [1.29, 1.82) is 0 Å². The third-order valence-electron chi connectivity index (χ3n) is 1.83. The minimum absolute atomic E-state index is 0.0115. The number of hydrogen-bond acceptors (Lipinski definition) is 3. The molecule has 0 saturated carbocycles. The molecule has 4 nitrogen and oxygen atoms in total. The summed E-state index contributed by atoms with van der Waals surface area (Å²) < 4.78 is 1.53. The van der Waals surface area contributed by atoms with E-state index in [1.165, 1.54) is 10.6 Å². The van der Waals surface area contributed by atoms with Gasteiger partial charge in [0.1, 0.15) is 0 Å². The quantitative estimate of drug-likeness (QED) is 0.739. The largest absolute Gasteiger partial charge is 0.382 e. The molecule has 0 aliphatic rings. The standard InChI is InChI=1S/C10H17N3O/c1-10(2,11)7-12-8-4-5-9(14)13(3)6-8/h4-6,12H,7,11H2,1-3H3. The summed E-state index contributed by atoms with van der Waals surface area (Å²) in [5.74, 6) is 0. The van der Waals surface area contributed by atoms with Crippen molar-refractivity contribution in [3.63, 3.8) is 0 Å². The topological polar surface area (TPSA) is 60.1 Å². The Bertz CT molecular complexity index is 362. The summed E-state index contributed by atoms with van der Waals surface area (Å²) in [5.41, 5.74) is 6.46. The Labute approximate surface area is 83.7 Å². The van der Waals surface area contributed by atoms with Crippen LogP contribution < -0.4 is 16.6 Å². The van der Waals surface area contributed by atoms with E-state index in [0.29, 0.717) is 6.54 Å². The minimum atomic E-state index is -0.255. The molecule has 1 heterocycles. The lowest BCUT2D eigenvalue weighted by molar-refractivity contribution is 0.549. The van der Waals surface area contributed by atoms with Gasteiger partial charge in [-0.2, -0.15) is 0 Å². The molecule has 3 N–H and O–H groups in total. The highest BCUT2D eigenvalue weighted by atomic mass is 16.1. The number of anilines is 1. The Kier molecular flexibility index (Phi) is 2.96. The van der Waals surface area contributed by atoms with Gasteiger partial charge >= 0.3 is 0 Å². The summed E-state index contributed by atoms with van der Waals surface area (Å²) in [6, 6.07) is 3.29. The van der Waals surface area contributed by atoms with Crippen LogP contribution in [0.3, 0.4) is 0 Å². The normalized spacial score (nSPS) is 11.4. The molecule has 4 heteroatoms. The Hall–Kier alpha value is -1.29. The maximum absolute atomic E-state index is 11.1. The fraction of sp³-hybridized carbons (Fsp3) is 0.500. The van der Waals surface area contributed by atoms with Gasteiger partial charge in [-0.3, -0.25) is 4.79 Å². The summed E-state index contributed by atoms with van der Waals surface area (Å²) in [5, 5.41) is 3.17. The highest BCUT2D eigenvalue weighted by molar-refractivity contribution is 5.40. The first-order chi connectivity index (χ1) is 6.38. The van der Waals surface area contributed by atoms with Crippen molar-refractivity contribution >= 4 is 5.69 Å². The van der Waals surface area contributed by atoms with E-state index in [0.717, 1.165) is 5.69 Å². The van der Waals surface area contributed by atoms with Gasteiger partial charge in [-0.1, -0.05) is 0 Å². The van der Waals surface area contributed by atoms with E-state index < -0.39 is 0 Å². The van der Waals surface area contributed by atoms with Gasteiger partial charge in [0.15, 0.2) is 0 Å². The molecule has 0 amide bonds. The smallest absolute Gasteiger partial charge is 0.250 e. The second-order valence-electron chi connectivity index (χ2n) is 4.21. The number of nitrogens with zero attached hydrogens (tertiary/aromatic N) is 1. The van der Waals surface area contributed by atoms with Crippen molar-refractivity contribution in [2.45, 2.75) is 19.4 Å². The van der Waals surface area contributed by atoms with Crippen molar-refractivity contribution in [1.82, 2.24) is 4.57 Å². The zero-order valence-corrected chi connectivity index (χ0v) is 8.87. The van der Waals surface area contributed by atoms with E-state index in [9.17, 15) is 4.79 Å². The number of aromatic nitrogens is 1. The third-order valence-corrected chi connectivity index (χ3v) is 1.83. The van der Waals surface area contributed by atoms with Crippen molar-refractivity contribution in [2.24, 2.45) is 12.8 Å². The average molecular weight is 195 g/mol. The molecular formula is C10H17N3O. The summed E-state index contributed by atoms with van der Waals surface area (Å²) in [4.78, 5) is 11.1. The summed E-state index contributed by atoms with van der Waals surface area (Å²) >= 11 is 0. The molecule has 0 aliphatic heterocycles. The Balaban J connectivity index is 2.70. The highest BCUT2D eigenvalue weighted by Gasteiger charge is 2.09. The van der Waals surface area contributed by atoms with E-state index in [4.69, 9.17) is 5.73 Å². The molecule has 14 heavy (non-hydrogen) atoms. The van der Waals surface area contributed by atoms with Crippen LogP contribution >= 0.6 is 0 Å². The fourth-order valence-electron chi connectivity index (χ4n) is 1.03. The van der Waals surface area contributed by atoms with E-state index in [1.54, 1.807) is 19.3 Å². The van der Waals surface area contributed by atoms with Crippen LogP contribution in [0.4, 0.5) is 5.69 Å². The van der Waals surface area contributed by atoms with Crippen LogP contribution in [-0.4, -0.2) is 16.7 Å². The number of nitrogens with two attached hydrogens (primary N) is 1. The molecule has 1 rings (SSSR count). The van der Waals surface area contributed by atoms with Gasteiger partial charge in [0.05, 0.1) is 5.69 Å². The first-order valence-corrected chi connectivity index (χ1v) is 4.58. The molecule has 0 fully saturated rings. The molecule has 0 unspecified atom stereocenters. The summed E-state index contributed by atoms with van der Waals surface area (Å²) in [6.45, 7) is 4.56. The van der Waals surface area contributed by atoms with E-state index in [-0.39, 0.29) is 11.1 Å². The monoisotopic (exact) mass is 195 g/mol. The lowest BCUT2D eigenvalue weighted by Gasteiger charge is -2.19. The van der Waals surface area contributed by atoms with Crippen LogP contribution in [0.5, 0.6) is 0 Å². The van der Waals surface area contributed by atoms with Crippen LogP contribution in [0.15, 0.2) is 23.1 Å². The van der Waals surface area contributed by atoms with Crippen molar-refractivity contribution in [3.05, 3.63) is 28.7 Å². The third kappa shape index (κ3) is 3.22. The molecule has 0 atom stereocenters. The molecule has 1 aromatic heterocycles. The predicted molar refractivity (Wildman–Crippen MR) is 58.4 cm³/mol. The zero-order chi connectivity index (χ0) is 10.8. The van der Waals surface area contributed by atoms with Crippen molar-refractivity contribution < 1.29 is 0 Å². The summed E-state index contributed by atoms with van der Waals surface area (Å²) in [7, 11) is 1.72. The maximum atomic E-state index is 11.1. The second kappa shape index (κ2) is 3.84. The second-order valence-corrected chi connectivity index (χ2v) is 4.21. The molecule has 0 aliphatic carbocycles. The van der Waals surface area contributed by atoms with Gasteiger partial charge in [0.2, 0.25) is 5.56 Å². The van der Waals surface area contributed by atoms with E-state index >= 15 is 0 Å². The maximum Gasteiger partial charge on any atom is 0.250 e. The SMILES string of the molecule is Cn1cc(NCC(C)(C)N)ccc1=O. The van der Waals surface area contributed by atoms with Crippen LogP contribution in [-0.2, 0) is 7.05 Å². The van der Waals surface area contributed by atoms with Crippen LogP contribution in [0.1, 0.15) is 13.8 Å². The molecule has 0 saturated heterocycles. The van der Waals surface area contributed by atoms with Gasteiger partial charge in [-0.05, 0) is 19.9 Å². The van der Waals surface area contributed by atoms with Gasteiger partial charge in [0.25, 0.3) is 0 Å². The van der Waals surface area contributed by atoms with E-state index in [2.05, 4.69) is 5.32 Å². The van der Waals surface area contributed by atoms with Gasteiger partial charge in [-0.25, -0.2) is 0 Å². The number of rotatable bonds is 3. The highest BCUT2D eigenvalue weighted by Crippen LogP contribution is 2.04. The lowest BCUT2D eigenvalue weighted by atomic mass is 10.1. The Morgan fingerprint density at radius 2 is 2.14 bits per heavy atom. The first kappa shape index (κ1) is 10.8. The molecule has 0 bridgehead atoms. The summed E-state index contributed by atoms with van der Waals surface area (Å²) in [6.07, 6.45) is 1.76. The van der Waals surface area contributed by atoms with Crippen molar-refractivity contribution in [3.8, 4) is 0 Å². The molecule has 78 valence electrons. The molecule has 0 spiro atoms. The minimum Gasteiger partial charge on any atom is -0.382 e. The molecular weight excluding hydrogens is 178 g/mol. The van der Waals surface area contributed by atoms with Crippen molar-refractivity contribution in [2.75, 3.05) is 11.9 Å². The average Bonchev–Trinajstić information content (AvgIpc) is 2.06. The fourth-order valence-corrected chi connectivity index (χ4v) is 1.03. The molecule has 0 radical (unpaired) electrons. The van der Waals surface area contributed by atoms with Crippen LogP contribution in [0.25, 0.3) is 0 Å². The lowest BCUT2D eigenvalue weighted by Crippen LogP contribution is -2.39.